The molecule has 2 N–H and O–H groups in total. The van der Waals surface area contributed by atoms with Gasteiger partial charge in [0.2, 0.25) is 10.0 Å². The van der Waals surface area contributed by atoms with Crippen molar-refractivity contribution in [1.82, 2.24) is 9.62 Å². The summed E-state index contributed by atoms with van der Waals surface area (Å²) in [5, 5.41) is 11.5. The molecule has 7 nitrogen and oxygen atoms in total. The van der Waals surface area contributed by atoms with Crippen LogP contribution in [0.3, 0.4) is 0 Å². The third kappa shape index (κ3) is 4.72. The van der Waals surface area contributed by atoms with Gasteiger partial charge in [0.25, 0.3) is 0 Å². The summed E-state index contributed by atoms with van der Waals surface area (Å²) in [4.78, 5) is 13.8. The number of nitrogens with zero attached hydrogens (tertiary/aromatic N) is 2. The van der Waals surface area contributed by atoms with Crippen LogP contribution < -0.4 is 10.0 Å². The molecular weight excluding hydrogens is 304 g/mol. The highest BCUT2D eigenvalue weighted by atomic mass is 32.2. The minimum atomic E-state index is -3.28. The number of amides is 2. The van der Waals surface area contributed by atoms with Crippen LogP contribution in [0, 0.1) is 11.3 Å². The SMILES string of the molecule is CS(=O)(=O)N[C@@H]1CCCN(C(=O)Nc2ccc(C#N)cc2)C1. The minimum absolute atomic E-state index is 0.254. The zero-order valence-corrected chi connectivity index (χ0v) is 13.1. The number of nitriles is 1. The second-order valence-electron chi connectivity index (χ2n) is 5.29. The van der Waals surface area contributed by atoms with E-state index in [4.69, 9.17) is 5.26 Å². The van der Waals surface area contributed by atoms with Crippen LogP contribution >= 0.6 is 0 Å². The van der Waals surface area contributed by atoms with Gasteiger partial charge in [-0.05, 0) is 37.1 Å². The Balaban J connectivity index is 1.95. The predicted molar refractivity (Wildman–Crippen MR) is 82.8 cm³/mol. The van der Waals surface area contributed by atoms with Gasteiger partial charge in [0.1, 0.15) is 0 Å². The number of carbonyl (C=O) groups is 1. The zero-order chi connectivity index (χ0) is 16.2. The highest BCUT2D eigenvalue weighted by Gasteiger charge is 2.25. The van der Waals surface area contributed by atoms with Crippen molar-refractivity contribution in [1.29, 1.82) is 5.26 Å². The first-order chi connectivity index (χ1) is 10.4. The number of hydrogen-bond donors (Lipinski definition) is 2. The van der Waals surface area contributed by atoms with E-state index >= 15 is 0 Å². The molecule has 0 unspecified atom stereocenters. The Labute approximate surface area is 130 Å². The summed E-state index contributed by atoms with van der Waals surface area (Å²) in [6, 6.07) is 8.05. The molecule has 0 radical (unpaired) electrons. The molecule has 1 atom stereocenters. The van der Waals surface area contributed by atoms with E-state index in [1.165, 1.54) is 0 Å². The number of rotatable bonds is 3. The maximum absolute atomic E-state index is 12.2. The van der Waals surface area contributed by atoms with E-state index in [1.807, 2.05) is 6.07 Å². The summed E-state index contributed by atoms with van der Waals surface area (Å²) in [7, 11) is -3.28. The van der Waals surface area contributed by atoms with E-state index in [2.05, 4.69) is 10.0 Å². The number of nitrogens with one attached hydrogen (secondary N) is 2. The van der Waals surface area contributed by atoms with Gasteiger partial charge in [-0.25, -0.2) is 17.9 Å². The number of sulfonamides is 1. The topological polar surface area (TPSA) is 102 Å². The number of anilines is 1. The number of piperidine rings is 1. The molecule has 0 aliphatic carbocycles. The van der Waals surface area contributed by atoms with Gasteiger partial charge in [-0.2, -0.15) is 5.26 Å². The van der Waals surface area contributed by atoms with Crippen molar-refractivity contribution in [3.63, 3.8) is 0 Å². The fraction of sp³-hybridized carbons (Fsp3) is 0.429. The second-order valence-corrected chi connectivity index (χ2v) is 7.07. The van der Waals surface area contributed by atoms with Crippen LogP contribution in [0.15, 0.2) is 24.3 Å². The molecule has 1 aliphatic heterocycles. The Morgan fingerprint density at radius 1 is 1.36 bits per heavy atom. The summed E-state index contributed by atoms with van der Waals surface area (Å²) in [5.41, 5.74) is 1.12. The average Bonchev–Trinajstić information content (AvgIpc) is 2.46. The highest BCUT2D eigenvalue weighted by molar-refractivity contribution is 7.88. The van der Waals surface area contributed by atoms with Gasteiger partial charge in [-0.1, -0.05) is 0 Å². The van der Waals surface area contributed by atoms with Crippen LogP contribution in [0.1, 0.15) is 18.4 Å². The number of hydrogen-bond acceptors (Lipinski definition) is 4. The van der Waals surface area contributed by atoms with Crippen LogP contribution in [0.2, 0.25) is 0 Å². The quantitative estimate of drug-likeness (QED) is 0.870. The molecule has 0 saturated carbocycles. The lowest BCUT2D eigenvalue weighted by Gasteiger charge is -2.32. The molecule has 1 fully saturated rings. The van der Waals surface area contributed by atoms with E-state index in [0.717, 1.165) is 12.7 Å². The van der Waals surface area contributed by atoms with Crippen molar-refractivity contribution in [3.8, 4) is 6.07 Å². The molecule has 1 saturated heterocycles. The molecule has 0 bridgehead atoms. The molecular formula is C14H18N4O3S. The van der Waals surface area contributed by atoms with Gasteiger partial charge in [0.15, 0.2) is 0 Å². The molecule has 0 spiro atoms. The van der Waals surface area contributed by atoms with Gasteiger partial charge >= 0.3 is 6.03 Å². The van der Waals surface area contributed by atoms with Crippen molar-refractivity contribution < 1.29 is 13.2 Å². The molecule has 1 aliphatic rings. The van der Waals surface area contributed by atoms with Crippen molar-refractivity contribution in [2.75, 3.05) is 24.7 Å². The van der Waals surface area contributed by atoms with Crippen LogP contribution in [0.5, 0.6) is 0 Å². The van der Waals surface area contributed by atoms with Crippen LogP contribution in [-0.2, 0) is 10.0 Å². The number of urea groups is 1. The lowest BCUT2D eigenvalue weighted by molar-refractivity contribution is 0.190. The van der Waals surface area contributed by atoms with Gasteiger partial charge in [-0.3, -0.25) is 0 Å². The van der Waals surface area contributed by atoms with Gasteiger partial charge < -0.3 is 10.2 Å². The highest BCUT2D eigenvalue weighted by Crippen LogP contribution is 2.14. The Morgan fingerprint density at radius 3 is 2.64 bits per heavy atom. The zero-order valence-electron chi connectivity index (χ0n) is 12.2. The summed E-state index contributed by atoms with van der Waals surface area (Å²) < 4.78 is 25.1. The largest absolute Gasteiger partial charge is 0.323 e. The van der Waals surface area contributed by atoms with Crippen LogP contribution in [0.25, 0.3) is 0 Å². The van der Waals surface area contributed by atoms with Gasteiger partial charge in [-0.15, -0.1) is 0 Å². The van der Waals surface area contributed by atoms with Crippen LogP contribution in [0.4, 0.5) is 10.5 Å². The lowest BCUT2D eigenvalue weighted by atomic mass is 10.1. The summed E-state index contributed by atoms with van der Waals surface area (Å²) in [6.45, 7) is 0.930. The predicted octanol–water partition coefficient (Wildman–Crippen LogP) is 1.10. The Kier molecular flexibility index (Phi) is 5.00. The molecule has 1 aromatic carbocycles. The number of likely N-dealkylation sites (tertiary alicyclic amines) is 1. The molecule has 118 valence electrons. The van der Waals surface area contributed by atoms with Crippen LogP contribution in [-0.4, -0.2) is 44.7 Å². The van der Waals surface area contributed by atoms with E-state index in [0.29, 0.717) is 30.8 Å². The molecule has 2 rings (SSSR count). The van der Waals surface area contributed by atoms with Crippen molar-refractivity contribution >= 4 is 21.7 Å². The first-order valence-electron chi connectivity index (χ1n) is 6.91. The monoisotopic (exact) mass is 322 g/mol. The maximum Gasteiger partial charge on any atom is 0.321 e. The first-order valence-corrected chi connectivity index (χ1v) is 8.80. The summed E-state index contributed by atoms with van der Waals surface area (Å²) in [5.74, 6) is 0. The van der Waals surface area contributed by atoms with E-state index in [9.17, 15) is 13.2 Å². The molecule has 1 aromatic rings. The minimum Gasteiger partial charge on any atom is -0.323 e. The fourth-order valence-electron chi connectivity index (χ4n) is 2.39. The van der Waals surface area contributed by atoms with E-state index < -0.39 is 10.0 Å². The van der Waals surface area contributed by atoms with Crippen molar-refractivity contribution in [2.45, 2.75) is 18.9 Å². The Hall–Kier alpha value is -2.11. The Morgan fingerprint density at radius 2 is 2.05 bits per heavy atom. The van der Waals surface area contributed by atoms with E-state index in [-0.39, 0.29) is 12.1 Å². The molecule has 1 heterocycles. The maximum atomic E-state index is 12.2. The molecule has 0 aromatic heterocycles. The lowest BCUT2D eigenvalue weighted by Crippen LogP contribution is -2.50. The third-order valence-electron chi connectivity index (χ3n) is 3.35. The number of benzene rings is 1. The van der Waals surface area contributed by atoms with Gasteiger partial charge in [0.05, 0.1) is 17.9 Å². The second kappa shape index (κ2) is 6.77. The van der Waals surface area contributed by atoms with Crippen molar-refractivity contribution in [3.05, 3.63) is 29.8 Å². The van der Waals surface area contributed by atoms with E-state index in [1.54, 1.807) is 29.2 Å². The molecule has 22 heavy (non-hydrogen) atoms. The average molecular weight is 322 g/mol. The Bertz CT molecular complexity index is 679. The molecule has 2 amide bonds. The standard InChI is InChI=1S/C14H18N4O3S/c1-22(20,21)17-13-3-2-8-18(10-13)14(19)16-12-6-4-11(9-15)5-7-12/h4-7,13,17H,2-3,8,10H2,1H3,(H,16,19)/t13-/m1/s1. The molecule has 8 heteroatoms. The third-order valence-corrected chi connectivity index (χ3v) is 4.12. The summed E-state index contributed by atoms with van der Waals surface area (Å²) >= 11 is 0. The normalized spacial score (nSPS) is 18.5. The summed E-state index contributed by atoms with van der Waals surface area (Å²) in [6.07, 6.45) is 2.57. The number of carbonyl (C=O) groups excluding carboxylic acids is 1. The fourth-order valence-corrected chi connectivity index (χ4v) is 3.19. The smallest absolute Gasteiger partial charge is 0.321 e. The van der Waals surface area contributed by atoms with Crippen molar-refractivity contribution in [2.24, 2.45) is 0 Å². The van der Waals surface area contributed by atoms with Gasteiger partial charge in [0, 0.05) is 24.8 Å². The first kappa shape index (κ1) is 16.3.